The van der Waals surface area contributed by atoms with Gasteiger partial charge < -0.3 is 9.47 Å². The van der Waals surface area contributed by atoms with E-state index in [0.29, 0.717) is 0 Å². The van der Waals surface area contributed by atoms with Gasteiger partial charge in [-0.15, -0.1) is 0 Å². The maximum Gasteiger partial charge on any atom is 0.172 e. The predicted molar refractivity (Wildman–Crippen MR) is 122 cm³/mol. The van der Waals surface area contributed by atoms with Gasteiger partial charge in [0.15, 0.2) is 5.79 Å². The number of benzene rings is 1. The average Bonchev–Trinajstić information content (AvgIpc) is 2.73. The molecule has 2 aliphatic heterocycles. The van der Waals surface area contributed by atoms with Gasteiger partial charge in [-0.25, -0.2) is 0 Å². The van der Waals surface area contributed by atoms with E-state index < -0.39 is 5.79 Å². The molecule has 1 atom stereocenters. The maximum atomic E-state index is 6.73. The van der Waals surface area contributed by atoms with Crippen molar-refractivity contribution in [2.75, 3.05) is 13.2 Å². The minimum absolute atomic E-state index is 0.00182. The van der Waals surface area contributed by atoms with Crippen LogP contribution in [-0.2, 0) is 14.3 Å². The zero-order chi connectivity index (χ0) is 22.0. The van der Waals surface area contributed by atoms with Crippen molar-refractivity contribution in [2.24, 2.45) is 5.41 Å². The standard InChI is InChI=1S/C26H43NO3/c1-8-16-24(7)19-28-26(29-20-24)17-23(5,6)27(25(9-2,10-3)18-26)30-21(4)22-14-12-11-13-15-22/h11-15,21H,8-10,16-20H2,1-7H3. The second kappa shape index (κ2) is 8.90. The summed E-state index contributed by atoms with van der Waals surface area (Å²) in [6.07, 6.45) is 5.95. The fourth-order valence-corrected chi connectivity index (χ4v) is 5.64. The molecule has 0 aliphatic carbocycles. The van der Waals surface area contributed by atoms with E-state index in [1.165, 1.54) is 5.56 Å². The highest BCUT2D eigenvalue weighted by Crippen LogP contribution is 2.52. The Morgan fingerprint density at radius 3 is 2.10 bits per heavy atom. The molecular weight excluding hydrogens is 374 g/mol. The Balaban J connectivity index is 1.85. The summed E-state index contributed by atoms with van der Waals surface area (Å²) in [4.78, 5) is 6.73. The van der Waals surface area contributed by atoms with Gasteiger partial charge in [0.05, 0.1) is 18.8 Å². The summed E-state index contributed by atoms with van der Waals surface area (Å²) in [5, 5.41) is 2.30. The molecule has 2 aliphatic rings. The van der Waals surface area contributed by atoms with Crippen LogP contribution in [0, 0.1) is 5.41 Å². The third kappa shape index (κ3) is 4.62. The van der Waals surface area contributed by atoms with Gasteiger partial charge in [0.1, 0.15) is 6.10 Å². The highest BCUT2D eigenvalue weighted by molar-refractivity contribution is 5.17. The molecule has 1 aromatic carbocycles. The van der Waals surface area contributed by atoms with Crippen molar-refractivity contribution in [1.29, 1.82) is 0 Å². The quantitative estimate of drug-likeness (QED) is 0.496. The van der Waals surface area contributed by atoms with Gasteiger partial charge in [-0.3, -0.25) is 4.84 Å². The van der Waals surface area contributed by atoms with Crippen LogP contribution < -0.4 is 0 Å². The number of hydroxylamine groups is 2. The molecule has 0 bridgehead atoms. The summed E-state index contributed by atoms with van der Waals surface area (Å²) >= 11 is 0. The summed E-state index contributed by atoms with van der Waals surface area (Å²) < 4.78 is 13.2. The van der Waals surface area contributed by atoms with Crippen molar-refractivity contribution < 1.29 is 14.3 Å². The number of ether oxygens (including phenoxy) is 2. The Hall–Kier alpha value is -0.940. The predicted octanol–water partition coefficient (Wildman–Crippen LogP) is 6.66. The van der Waals surface area contributed by atoms with Crippen molar-refractivity contribution in [3.05, 3.63) is 35.9 Å². The minimum atomic E-state index is -0.515. The van der Waals surface area contributed by atoms with Crippen LogP contribution in [-0.4, -0.2) is 35.1 Å². The van der Waals surface area contributed by atoms with Gasteiger partial charge in [0, 0.05) is 23.8 Å². The topological polar surface area (TPSA) is 30.9 Å². The first kappa shape index (κ1) is 23.7. The molecule has 0 saturated carbocycles. The van der Waals surface area contributed by atoms with Crippen LogP contribution >= 0.6 is 0 Å². The second-order valence-electron chi connectivity index (χ2n) is 10.6. The lowest BCUT2D eigenvalue weighted by Crippen LogP contribution is -2.69. The van der Waals surface area contributed by atoms with E-state index >= 15 is 0 Å². The first-order valence-electron chi connectivity index (χ1n) is 11.9. The van der Waals surface area contributed by atoms with E-state index in [4.69, 9.17) is 14.3 Å². The minimum Gasteiger partial charge on any atom is -0.349 e. The highest BCUT2D eigenvalue weighted by atomic mass is 16.7. The first-order valence-corrected chi connectivity index (χ1v) is 11.9. The van der Waals surface area contributed by atoms with Crippen molar-refractivity contribution >= 4 is 0 Å². The number of nitrogens with zero attached hydrogens (tertiary/aromatic N) is 1. The number of hydrogen-bond acceptors (Lipinski definition) is 4. The van der Waals surface area contributed by atoms with E-state index in [9.17, 15) is 0 Å². The van der Waals surface area contributed by atoms with Gasteiger partial charge in [-0.2, -0.15) is 5.06 Å². The molecule has 0 radical (unpaired) electrons. The van der Waals surface area contributed by atoms with Gasteiger partial charge in [0.25, 0.3) is 0 Å². The van der Waals surface area contributed by atoms with Crippen LogP contribution in [0.1, 0.15) is 98.7 Å². The van der Waals surface area contributed by atoms with Crippen LogP contribution in [0.25, 0.3) is 0 Å². The summed E-state index contributed by atoms with van der Waals surface area (Å²) in [5.41, 5.74) is 1.01. The molecule has 3 rings (SSSR count). The number of hydrogen-bond donors (Lipinski definition) is 0. The molecule has 2 saturated heterocycles. The van der Waals surface area contributed by atoms with Gasteiger partial charge in [-0.1, -0.05) is 64.4 Å². The molecule has 4 heteroatoms. The smallest absolute Gasteiger partial charge is 0.172 e. The first-order chi connectivity index (χ1) is 14.1. The zero-order valence-electron chi connectivity index (χ0n) is 20.3. The Labute approximate surface area is 184 Å². The molecule has 1 unspecified atom stereocenters. The largest absolute Gasteiger partial charge is 0.349 e. The molecule has 2 fully saturated rings. The van der Waals surface area contributed by atoms with Gasteiger partial charge in [-0.05, 0) is 45.6 Å². The summed E-state index contributed by atoms with van der Waals surface area (Å²) in [5.74, 6) is -0.515. The van der Waals surface area contributed by atoms with Crippen molar-refractivity contribution in [3.63, 3.8) is 0 Å². The lowest BCUT2D eigenvalue weighted by Gasteiger charge is -2.61. The normalized spacial score (nSPS) is 32.2. The van der Waals surface area contributed by atoms with Gasteiger partial charge >= 0.3 is 0 Å². The summed E-state index contributed by atoms with van der Waals surface area (Å²) in [6.45, 7) is 17.3. The molecule has 4 nitrogen and oxygen atoms in total. The van der Waals surface area contributed by atoms with Crippen molar-refractivity contribution in [1.82, 2.24) is 5.06 Å². The zero-order valence-corrected chi connectivity index (χ0v) is 20.3. The molecule has 2 heterocycles. The van der Waals surface area contributed by atoms with E-state index in [-0.39, 0.29) is 22.6 Å². The third-order valence-electron chi connectivity index (χ3n) is 7.35. The van der Waals surface area contributed by atoms with Crippen LogP contribution in [0.5, 0.6) is 0 Å². The molecule has 30 heavy (non-hydrogen) atoms. The van der Waals surface area contributed by atoms with Crippen LogP contribution in [0.3, 0.4) is 0 Å². The fourth-order valence-electron chi connectivity index (χ4n) is 5.64. The maximum absolute atomic E-state index is 6.73. The van der Waals surface area contributed by atoms with E-state index in [1.54, 1.807) is 0 Å². The summed E-state index contributed by atoms with van der Waals surface area (Å²) in [6, 6.07) is 10.5. The van der Waals surface area contributed by atoms with Crippen molar-refractivity contribution in [3.8, 4) is 0 Å². The Kier molecular flexibility index (Phi) is 7.03. The number of rotatable bonds is 7. The molecule has 0 amide bonds. The molecule has 1 spiro atoms. The second-order valence-corrected chi connectivity index (χ2v) is 10.6. The third-order valence-corrected chi connectivity index (χ3v) is 7.35. The van der Waals surface area contributed by atoms with Gasteiger partial charge in [0.2, 0.25) is 0 Å². The molecule has 0 aromatic heterocycles. The van der Waals surface area contributed by atoms with E-state index in [1.807, 2.05) is 0 Å². The fraction of sp³-hybridized carbons (Fsp3) is 0.769. The lowest BCUT2D eigenvalue weighted by atomic mass is 9.72. The molecular formula is C26H43NO3. The monoisotopic (exact) mass is 417 g/mol. The number of piperidine rings is 1. The molecule has 0 N–H and O–H groups in total. The highest BCUT2D eigenvalue weighted by Gasteiger charge is 2.59. The van der Waals surface area contributed by atoms with Crippen LogP contribution in [0.2, 0.25) is 0 Å². The molecule has 170 valence electrons. The van der Waals surface area contributed by atoms with E-state index in [2.05, 4.69) is 83.9 Å². The van der Waals surface area contributed by atoms with Crippen molar-refractivity contribution in [2.45, 2.75) is 110 Å². The Morgan fingerprint density at radius 1 is 0.967 bits per heavy atom. The lowest BCUT2D eigenvalue weighted by molar-refractivity contribution is -0.394. The summed E-state index contributed by atoms with van der Waals surface area (Å²) in [7, 11) is 0. The Morgan fingerprint density at radius 2 is 1.57 bits per heavy atom. The Bertz CT molecular complexity index is 675. The van der Waals surface area contributed by atoms with Crippen LogP contribution in [0.4, 0.5) is 0 Å². The van der Waals surface area contributed by atoms with Crippen LogP contribution in [0.15, 0.2) is 30.3 Å². The van der Waals surface area contributed by atoms with E-state index in [0.717, 1.165) is 51.7 Å². The average molecular weight is 418 g/mol. The SMILES string of the molecule is CCCC1(C)COC2(CC(C)(C)N(OC(C)c3ccccc3)C(CC)(CC)C2)OC1. The molecule has 1 aromatic rings.